The Balaban J connectivity index is 1.37. The predicted molar refractivity (Wildman–Crippen MR) is 229 cm³/mol. The van der Waals surface area contributed by atoms with Crippen LogP contribution >= 0.6 is 0 Å². The minimum atomic E-state index is -1.90. The number of likely N-dealkylation sites (tertiary alicyclic amines) is 1. The topological polar surface area (TPSA) is 40.2 Å². The lowest BCUT2D eigenvalue weighted by Crippen LogP contribution is -2.43. The van der Waals surface area contributed by atoms with Crippen LogP contribution in [-0.4, -0.2) is 61.5 Å². The van der Waals surface area contributed by atoms with Crippen LogP contribution in [-0.2, 0) is 30.1 Å². The van der Waals surface area contributed by atoms with E-state index in [1.807, 2.05) is 7.11 Å². The summed E-state index contributed by atoms with van der Waals surface area (Å²) in [7, 11) is -1.98. The molecule has 0 saturated carbocycles. The molecule has 292 valence electrons. The molecule has 0 bridgehead atoms. The Labute approximate surface area is 325 Å². The Morgan fingerprint density at radius 3 is 2.02 bits per heavy atom. The van der Waals surface area contributed by atoms with Crippen molar-refractivity contribution in [1.29, 1.82) is 0 Å². The van der Waals surface area contributed by atoms with Crippen LogP contribution in [0.1, 0.15) is 113 Å². The number of hydrogen-bond donors (Lipinski definition) is 0. The summed E-state index contributed by atoms with van der Waals surface area (Å²) in [5.74, 6) is 3.41. The lowest BCUT2D eigenvalue weighted by Gasteiger charge is -2.37. The zero-order valence-corrected chi connectivity index (χ0v) is 37.3. The molecule has 1 heterocycles. The SMILES string of the molecule is COc1ccc(C2CCc3cc(O[Si](C)(C)C(C)(C)C)ccc3C2)c(CCO[Si](C)(C)C(C)(C)C)c1Cc1ccc(OCCN2CCCCCC2)cc1. The third kappa shape index (κ3) is 10.8. The summed E-state index contributed by atoms with van der Waals surface area (Å²) in [4.78, 5) is 2.56. The minimum Gasteiger partial charge on any atom is -0.543 e. The molecule has 0 N–H and O–H groups in total. The molecule has 3 aromatic rings. The van der Waals surface area contributed by atoms with Crippen LogP contribution in [0.2, 0.25) is 36.3 Å². The maximum absolute atomic E-state index is 6.82. The molecule has 1 aliphatic carbocycles. The second-order valence-corrected chi connectivity index (χ2v) is 28.4. The minimum absolute atomic E-state index is 0.171. The van der Waals surface area contributed by atoms with Gasteiger partial charge in [0.25, 0.3) is 0 Å². The van der Waals surface area contributed by atoms with Crippen molar-refractivity contribution in [1.82, 2.24) is 4.90 Å². The Morgan fingerprint density at radius 2 is 1.38 bits per heavy atom. The molecule has 5 nitrogen and oxygen atoms in total. The van der Waals surface area contributed by atoms with E-state index in [1.54, 1.807) is 0 Å². The quantitative estimate of drug-likeness (QED) is 0.153. The van der Waals surface area contributed by atoms with E-state index in [2.05, 4.69) is 127 Å². The fraction of sp³-hybridized carbons (Fsp3) is 0.609. The lowest BCUT2D eigenvalue weighted by atomic mass is 9.77. The van der Waals surface area contributed by atoms with E-state index in [9.17, 15) is 0 Å². The van der Waals surface area contributed by atoms with Crippen LogP contribution in [0.5, 0.6) is 17.2 Å². The third-order valence-corrected chi connectivity index (χ3v) is 21.9. The molecule has 3 aromatic carbocycles. The van der Waals surface area contributed by atoms with Gasteiger partial charge in [0.15, 0.2) is 8.32 Å². The van der Waals surface area contributed by atoms with Crippen molar-refractivity contribution in [2.75, 3.05) is 40.0 Å². The Hall–Kier alpha value is -2.59. The molecule has 7 heteroatoms. The van der Waals surface area contributed by atoms with E-state index in [0.717, 1.165) is 69.1 Å². The van der Waals surface area contributed by atoms with E-state index < -0.39 is 16.6 Å². The molecule has 1 unspecified atom stereocenters. The summed E-state index contributed by atoms with van der Waals surface area (Å²) in [6, 6.07) is 20.2. The second kappa shape index (κ2) is 17.5. The lowest BCUT2D eigenvalue weighted by molar-refractivity contribution is 0.214. The highest BCUT2D eigenvalue weighted by Crippen LogP contribution is 2.42. The fourth-order valence-electron chi connectivity index (χ4n) is 7.45. The maximum atomic E-state index is 6.82. The van der Waals surface area contributed by atoms with Gasteiger partial charge in [-0.3, -0.25) is 4.90 Å². The van der Waals surface area contributed by atoms with Crippen molar-refractivity contribution >= 4 is 16.6 Å². The van der Waals surface area contributed by atoms with Gasteiger partial charge in [0.2, 0.25) is 8.32 Å². The van der Waals surface area contributed by atoms with Gasteiger partial charge in [0.1, 0.15) is 23.9 Å². The molecule has 0 spiro atoms. The molecule has 0 radical (unpaired) electrons. The fourth-order valence-corrected chi connectivity index (χ4v) is 9.51. The van der Waals surface area contributed by atoms with Gasteiger partial charge in [-0.2, -0.15) is 0 Å². The van der Waals surface area contributed by atoms with Crippen LogP contribution in [0.4, 0.5) is 0 Å². The molecule has 1 aliphatic heterocycles. The van der Waals surface area contributed by atoms with E-state index in [-0.39, 0.29) is 10.1 Å². The van der Waals surface area contributed by atoms with Gasteiger partial charge in [-0.1, -0.05) is 78.6 Å². The van der Waals surface area contributed by atoms with Crippen LogP contribution < -0.4 is 13.9 Å². The monoisotopic (exact) mass is 757 g/mol. The third-order valence-electron chi connectivity index (χ3n) is 13.0. The van der Waals surface area contributed by atoms with Crippen molar-refractivity contribution in [2.24, 2.45) is 0 Å². The van der Waals surface area contributed by atoms with Crippen molar-refractivity contribution in [3.8, 4) is 17.2 Å². The van der Waals surface area contributed by atoms with Crippen LogP contribution in [0, 0.1) is 0 Å². The van der Waals surface area contributed by atoms with E-state index in [4.69, 9.17) is 18.3 Å². The number of benzene rings is 3. The Morgan fingerprint density at radius 1 is 0.717 bits per heavy atom. The first-order valence-corrected chi connectivity index (χ1v) is 26.4. The molecule has 0 aromatic heterocycles. The average Bonchev–Trinajstić information content (AvgIpc) is 3.37. The molecular formula is C46H71NO4Si2. The van der Waals surface area contributed by atoms with Gasteiger partial charge in [-0.05, 0) is 152 Å². The predicted octanol–water partition coefficient (Wildman–Crippen LogP) is 11.8. The number of methoxy groups -OCH3 is 1. The second-order valence-electron chi connectivity index (χ2n) is 18.8. The first-order valence-electron chi connectivity index (χ1n) is 20.5. The standard InChI is InChI=1S/C46H71NO4Si2/c1-45(2,3)52(8,9)50-30-26-42-41(38-19-18-37-34-40(23-20-36(37)33-38)51-53(10,11)46(4,5)6)24-25-44(48-7)43(42)32-35-16-21-39(22-17-35)49-31-29-47-27-14-12-13-15-28-47/h16-17,20-25,34,38H,12-15,18-19,26-33H2,1-11H3. The smallest absolute Gasteiger partial charge is 0.250 e. The maximum Gasteiger partial charge on any atom is 0.250 e. The molecular weight excluding hydrogens is 687 g/mol. The highest BCUT2D eigenvalue weighted by Gasteiger charge is 2.39. The number of ether oxygens (including phenoxy) is 2. The molecule has 1 atom stereocenters. The summed E-state index contributed by atoms with van der Waals surface area (Å²) in [5, 5.41) is 0.344. The first-order chi connectivity index (χ1) is 25.0. The van der Waals surface area contributed by atoms with Gasteiger partial charge in [-0.25, -0.2) is 0 Å². The number of hydrogen-bond acceptors (Lipinski definition) is 5. The summed E-state index contributed by atoms with van der Waals surface area (Å²) in [6.07, 6.45) is 10.3. The van der Waals surface area contributed by atoms with Crippen LogP contribution in [0.15, 0.2) is 54.6 Å². The molecule has 5 rings (SSSR count). The molecule has 1 saturated heterocycles. The number of nitrogens with zero attached hydrogens (tertiary/aromatic N) is 1. The summed E-state index contributed by atoms with van der Waals surface area (Å²) < 4.78 is 25.9. The van der Waals surface area contributed by atoms with Crippen molar-refractivity contribution in [2.45, 2.75) is 142 Å². The first kappa shape index (κ1) is 41.6. The van der Waals surface area contributed by atoms with Crippen LogP contribution in [0.25, 0.3) is 0 Å². The number of aryl methyl sites for hydroxylation is 1. The van der Waals surface area contributed by atoms with Crippen molar-refractivity contribution < 1.29 is 18.3 Å². The largest absolute Gasteiger partial charge is 0.543 e. The average molecular weight is 758 g/mol. The number of fused-ring (bicyclic) bond motifs is 1. The zero-order chi connectivity index (χ0) is 38.4. The van der Waals surface area contributed by atoms with E-state index in [1.165, 1.54) is 72.2 Å². The van der Waals surface area contributed by atoms with Gasteiger partial charge >= 0.3 is 0 Å². The molecule has 2 aliphatic rings. The Bertz CT molecular complexity index is 1630. The van der Waals surface area contributed by atoms with E-state index in [0.29, 0.717) is 5.92 Å². The van der Waals surface area contributed by atoms with Crippen molar-refractivity contribution in [3.63, 3.8) is 0 Å². The molecule has 53 heavy (non-hydrogen) atoms. The summed E-state index contributed by atoms with van der Waals surface area (Å²) >= 11 is 0. The van der Waals surface area contributed by atoms with Crippen molar-refractivity contribution in [3.05, 3.63) is 88.0 Å². The molecule has 0 amide bonds. The Kier molecular flexibility index (Phi) is 13.7. The van der Waals surface area contributed by atoms with Gasteiger partial charge in [0.05, 0.1) is 7.11 Å². The van der Waals surface area contributed by atoms with Gasteiger partial charge in [0, 0.05) is 25.1 Å². The zero-order valence-electron chi connectivity index (χ0n) is 35.3. The highest BCUT2D eigenvalue weighted by molar-refractivity contribution is 6.75. The van der Waals surface area contributed by atoms with Gasteiger partial charge in [-0.15, -0.1) is 0 Å². The van der Waals surface area contributed by atoms with Gasteiger partial charge < -0.3 is 18.3 Å². The van der Waals surface area contributed by atoms with Crippen LogP contribution in [0.3, 0.4) is 0 Å². The van der Waals surface area contributed by atoms with E-state index >= 15 is 0 Å². The summed E-state index contributed by atoms with van der Waals surface area (Å²) in [6.45, 7) is 28.2. The summed E-state index contributed by atoms with van der Waals surface area (Å²) in [5.41, 5.74) is 8.34. The highest BCUT2D eigenvalue weighted by atomic mass is 28.4. The normalized spacial score (nSPS) is 17.6. The number of rotatable bonds is 14. The molecule has 1 fully saturated rings.